The number of aromatic nitrogens is 2. The number of aryl methyl sites for hydroxylation is 1. The van der Waals surface area contributed by atoms with Crippen LogP contribution < -0.4 is 4.74 Å². The van der Waals surface area contributed by atoms with Gasteiger partial charge in [0.2, 0.25) is 0 Å². The quantitative estimate of drug-likeness (QED) is 0.401. The maximum absolute atomic E-state index is 11.9. The number of methoxy groups -OCH3 is 1. The number of carbonyl (C=O) groups is 1. The molecule has 28 heavy (non-hydrogen) atoms. The van der Waals surface area contributed by atoms with Crippen molar-refractivity contribution < 1.29 is 19.1 Å². The first-order chi connectivity index (χ1) is 13.7. The van der Waals surface area contributed by atoms with Crippen LogP contribution in [0.3, 0.4) is 0 Å². The van der Waals surface area contributed by atoms with Gasteiger partial charge in [-0.3, -0.25) is 5.10 Å². The summed E-state index contributed by atoms with van der Waals surface area (Å²) in [7, 11) is 2.69. The lowest BCUT2D eigenvalue weighted by atomic mass is 10.0. The van der Waals surface area contributed by atoms with Gasteiger partial charge in [-0.15, -0.1) is 0 Å². The number of esters is 1. The van der Waals surface area contributed by atoms with Gasteiger partial charge in [0, 0.05) is 18.0 Å². The molecule has 0 spiro atoms. The van der Waals surface area contributed by atoms with Crippen LogP contribution in [0.25, 0.3) is 0 Å². The van der Waals surface area contributed by atoms with E-state index in [1.54, 1.807) is 18.5 Å². The molecule has 3 rings (SSSR count). The lowest BCUT2D eigenvalue weighted by Crippen LogP contribution is -2.19. The minimum Gasteiger partial charge on any atom is -0.489 e. The Balaban J connectivity index is 0.000000485. The molecule has 0 aliphatic carbocycles. The first-order valence-electron chi connectivity index (χ1n) is 8.57. The van der Waals surface area contributed by atoms with Crippen LogP contribution in [0.4, 0.5) is 0 Å². The third kappa shape index (κ3) is 5.98. The van der Waals surface area contributed by atoms with Crippen molar-refractivity contribution in [2.24, 2.45) is 5.16 Å². The fraction of sp³-hybridized carbons (Fsp3) is 0.190. The monoisotopic (exact) mass is 381 g/mol. The van der Waals surface area contributed by atoms with Gasteiger partial charge in [0.15, 0.2) is 5.71 Å². The van der Waals surface area contributed by atoms with Crippen molar-refractivity contribution in [1.82, 2.24) is 10.2 Å². The molecule has 2 aromatic carbocycles. The van der Waals surface area contributed by atoms with Crippen LogP contribution in [-0.4, -0.2) is 36.1 Å². The van der Waals surface area contributed by atoms with Crippen LogP contribution in [0.2, 0.25) is 0 Å². The Bertz CT molecular complexity index is 875. The standard InChI is InChI=1S/C18H19NO4.C3H4N2/c1-13-8-4-7-11-16(13)23-12-14-9-5-6-10-15(14)17(19-22-3)18(20)21-2;1-2-4-5-3-1/h4-11H,12H2,1-3H3;1-3H,(H,4,5)/b19-17+;. The number of benzene rings is 2. The Kier molecular flexibility index (Phi) is 8.26. The molecule has 1 aromatic heterocycles. The molecule has 0 saturated heterocycles. The molecule has 7 nitrogen and oxygen atoms in total. The molecule has 1 heterocycles. The zero-order chi connectivity index (χ0) is 20.2. The van der Waals surface area contributed by atoms with E-state index >= 15 is 0 Å². The Morgan fingerprint density at radius 1 is 1.07 bits per heavy atom. The van der Waals surface area contributed by atoms with Crippen molar-refractivity contribution in [3.63, 3.8) is 0 Å². The van der Waals surface area contributed by atoms with Gasteiger partial charge in [0.25, 0.3) is 0 Å². The lowest BCUT2D eigenvalue weighted by Gasteiger charge is -2.12. The summed E-state index contributed by atoms with van der Waals surface area (Å²) in [5.74, 6) is 0.237. The van der Waals surface area contributed by atoms with Gasteiger partial charge in [0.1, 0.15) is 19.5 Å². The van der Waals surface area contributed by atoms with Gasteiger partial charge in [-0.25, -0.2) is 4.79 Å². The van der Waals surface area contributed by atoms with Crippen LogP contribution in [0, 0.1) is 6.92 Å². The van der Waals surface area contributed by atoms with E-state index in [-0.39, 0.29) is 5.71 Å². The summed E-state index contributed by atoms with van der Waals surface area (Å²) in [5.41, 5.74) is 2.59. The lowest BCUT2D eigenvalue weighted by molar-refractivity contribution is -0.132. The highest BCUT2D eigenvalue weighted by molar-refractivity contribution is 6.43. The van der Waals surface area contributed by atoms with Crippen LogP contribution in [-0.2, 0) is 21.0 Å². The largest absolute Gasteiger partial charge is 0.489 e. The van der Waals surface area contributed by atoms with Crippen LogP contribution >= 0.6 is 0 Å². The maximum Gasteiger partial charge on any atom is 0.360 e. The van der Waals surface area contributed by atoms with Gasteiger partial charge in [-0.1, -0.05) is 47.6 Å². The zero-order valence-electron chi connectivity index (χ0n) is 16.1. The molecule has 0 saturated carbocycles. The van der Waals surface area contributed by atoms with E-state index in [2.05, 4.69) is 15.4 Å². The Labute approximate surface area is 163 Å². The smallest absolute Gasteiger partial charge is 0.360 e. The maximum atomic E-state index is 11.9. The molecule has 0 amide bonds. The summed E-state index contributed by atoms with van der Waals surface area (Å²) in [4.78, 5) is 16.7. The van der Waals surface area contributed by atoms with Crippen molar-refractivity contribution in [3.8, 4) is 5.75 Å². The second kappa shape index (κ2) is 11.2. The fourth-order valence-corrected chi connectivity index (χ4v) is 2.35. The van der Waals surface area contributed by atoms with E-state index in [1.807, 2.05) is 55.5 Å². The van der Waals surface area contributed by atoms with Crippen molar-refractivity contribution >= 4 is 11.7 Å². The zero-order valence-corrected chi connectivity index (χ0v) is 16.1. The van der Waals surface area contributed by atoms with Gasteiger partial charge >= 0.3 is 5.97 Å². The van der Waals surface area contributed by atoms with E-state index < -0.39 is 5.97 Å². The normalized spacial score (nSPS) is 10.5. The predicted octanol–water partition coefficient (Wildman–Crippen LogP) is 3.51. The topological polar surface area (TPSA) is 85.8 Å². The molecule has 0 atom stereocenters. The molecule has 0 radical (unpaired) electrons. The van der Waals surface area contributed by atoms with Crippen molar-refractivity contribution in [2.75, 3.05) is 14.2 Å². The highest BCUT2D eigenvalue weighted by atomic mass is 16.6. The summed E-state index contributed by atoms with van der Waals surface area (Å²) in [6.07, 6.45) is 3.46. The van der Waals surface area contributed by atoms with Gasteiger partial charge in [-0.2, -0.15) is 5.10 Å². The number of ether oxygens (including phenoxy) is 2. The number of nitrogens with one attached hydrogen (secondary N) is 1. The summed E-state index contributed by atoms with van der Waals surface area (Å²) >= 11 is 0. The van der Waals surface area contributed by atoms with Crippen LogP contribution in [0.15, 0.2) is 72.1 Å². The number of nitrogens with zero attached hydrogens (tertiary/aromatic N) is 2. The second-order valence-corrected chi connectivity index (χ2v) is 5.59. The number of H-pyrrole nitrogens is 1. The number of oxime groups is 1. The average molecular weight is 381 g/mol. The number of hydrogen-bond donors (Lipinski definition) is 1. The SMILES string of the molecule is CO/N=C(/C(=O)OC)c1ccccc1COc1ccccc1C.c1cn[nH]c1. The third-order valence-electron chi connectivity index (χ3n) is 3.72. The molecule has 0 aliphatic rings. The highest BCUT2D eigenvalue weighted by Gasteiger charge is 2.19. The summed E-state index contributed by atoms with van der Waals surface area (Å²) < 4.78 is 10.6. The molecular formula is C21H23N3O4. The molecule has 0 bridgehead atoms. The Morgan fingerprint density at radius 3 is 2.43 bits per heavy atom. The molecule has 3 aromatic rings. The summed E-state index contributed by atoms with van der Waals surface area (Å²) in [6.45, 7) is 2.29. The van der Waals surface area contributed by atoms with E-state index in [0.29, 0.717) is 12.2 Å². The molecule has 7 heteroatoms. The third-order valence-corrected chi connectivity index (χ3v) is 3.72. The summed E-state index contributed by atoms with van der Waals surface area (Å²) in [5, 5.41) is 9.99. The molecule has 0 unspecified atom stereocenters. The van der Waals surface area contributed by atoms with Crippen molar-refractivity contribution in [2.45, 2.75) is 13.5 Å². The van der Waals surface area contributed by atoms with Gasteiger partial charge in [-0.05, 0) is 30.2 Å². The van der Waals surface area contributed by atoms with E-state index in [4.69, 9.17) is 14.3 Å². The molecule has 0 fully saturated rings. The summed E-state index contributed by atoms with van der Waals surface area (Å²) in [6, 6.07) is 16.9. The number of aromatic amines is 1. The first-order valence-corrected chi connectivity index (χ1v) is 8.57. The Morgan fingerprint density at radius 2 is 1.82 bits per heavy atom. The first kappa shape index (κ1) is 20.7. The highest BCUT2D eigenvalue weighted by Crippen LogP contribution is 2.19. The molecular weight excluding hydrogens is 358 g/mol. The van der Waals surface area contributed by atoms with Crippen molar-refractivity contribution in [3.05, 3.63) is 83.7 Å². The van der Waals surface area contributed by atoms with E-state index in [1.165, 1.54) is 14.2 Å². The van der Waals surface area contributed by atoms with E-state index in [0.717, 1.165) is 16.9 Å². The number of rotatable bonds is 6. The molecule has 146 valence electrons. The minimum absolute atomic E-state index is 0.110. The number of carbonyl (C=O) groups excluding carboxylic acids is 1. The van der Waals surface area contributed by atoms with Crippen molar-refractivity contribution in [1.29, 1.82) is 0 Å². The predicted molar refractivity (Wildman–Crippen MR) is 106 cm³/mol. The van der Waals surface area contributed by atoms with Gasteiger partial charge < -0.3 is 14.3 Å². The van der Waals surface area contributed by atoms with Gasteiger partial charge in [0.05, 0.1) is 7.11 Å². The molecule has 1 N–H and O–H groups in total. The fourth-order valence-electron chi connectivity index (χ4n) is 2.35. The Hall–Kier alpha value is -3.61. The minimum atomic E-state index is -0.560. The molecule has 0 aliphatic heterocycles. The van der Waals surface area contributed by atoms with Crippen LogP contribution in [0.5, 0.6) is 5.75 Å². The van der Waals surface area contributed by atoms with Crippen LogP contribution in [0.1, 0.15) is 16.7 Å². The average Bonchev–Trinajstić information content (AvgIpc) is 3.31. The van der Waals surface area contributed by atoms with E-state index in [9.17, 15) is 4.79 Å². The number of para-hydroxylation sites is 1. The second-order valence-electron chi connectivity index (χ2n) is 5.59. The number of hydrogen-bond acceptors (Lipinski definition) is 6.